The Kier molecular flexibility index (Phi) is 8.73. The molecule has 3 heteroatoms. The Bertz CT molecular complexity index is 121. The predicted octanol–water partition coefficient (Wildman–Crippen LogP) is 2.65. The average molecular weight is 220 g/mol. The number of thiol groups is 1. The fourth-order valence-electron chi connectivity index (χ4n) is 1.18. The minimum absolute atomic E-state index is 0.522. The van der Waals surface area contributed by atoms with E-state index in [9.17, 15) is 5.11 Å². The van der Waals surface area contributed by atoms with Crippen LogP contribution in [0.3, 0.4) is 0 Å². The molecule has 1 N–H and O–H groups in total. The van der Waals surface area contributed by atoms with Gasteiger partial charge in [-0.25, -0.2) is 0 Å². The fraction of sp³-hybridized carbons (Fsp3) is 1.00. The largest absolute Gasteiger partial charge is 0.390 e. The van der Waals surface area contributed by atoms with Gasteiger partial charge in [0.2, 0.25) is 0 Å². The molecule has 0 rings (SSSR count). The van der Waals surface area contributed by atoms with Gasteiger partial charge in [0.15, 0.2) is 0 Å². The lowest BCUT2D eigenvalue weighted by Gasteiger charge is -2.16. The van der Waals surface area contributed by atoms with E-state index in [1.54, 1.807) is 0 Å². The average Bonchev–Trinajstić information content (AvgIpc) is 2.08. The Labute approximate surface area is 93.5 Å². The highest BCUT2D eigenvalue weighted by atomic mass is 32.1. The van der Waals surface area contributed by atoms with E-state index in [1.165, 1.54) is 0 Å². The Morgan fingerprint density at radius 2 is 1.64 bits per heavy atom. The van der Waals surface area contributed by atoms with E-state index in [2.05, 4.69) is 12.6 Å². The molecule has 0 atom stereocenters. The first-order chi connectivity index (χ1) is 6.56. The van der Waals surface area contributed by atoms with Gasteiger partial charge in [0, 0.05) is 13.2 Å². The van der Waals surface area contributed by atoms with E-state index in [0.29, 0.717) is 0 Å². The summed E-state index contributed by atoms with van der Waals surface area (Å²) in [6, 6.07) is 0. The summed E-state index contributed by atoms with van der Waals surface area (Å²) in [6.07, 6.45) is 5.18. The van der Waals surface area contributed by atoms with Crippen LogP contribution in [0, 0.1) is 0 Å². The van der Waals surface area contributed by atoms with E-state index in [0.717, 1.165) is 51.1 Å². The molecule has 86 valence electrons. The summed E-state index contributed by atoms with van der Waals surface area (Å²) in [5.74, 6) is 0.946. The molecule has 0 radical (unpaired) electrons. The SMILES string of the molecule is CC(C)(O)CCCCOCCCCS. The van der Waals surface area contributed by atoms with Gasteiger partial charge in [0.25, 0.3) is 0 Å². The van der Waals surface area contributed by atoms with Crippen molar-refractivity contribution in [2.24, 2.45) is 0 Å². The molecule has 14 heavy (non-hydrogen) atoms. The van der Waals surface area contributed by atoms with Crippen LogP contribution in [0.4, 0.5) is 0 Å². The standard InChI is InChI=1S/C11H24O2S/c1-11(2,12)7-3-4-8-13-9-5-6-10-14/h12,14H,3-10H2,1-2H3. The lowest BCUT2D eigenvalue weighted by molar-refractivity contribution is 0.0627. The lowest BCUT2D eigenvalue weighted by Crippen LogP contribution is -2.18. The molecular weight excluding hydrogens is 196 g/mol. The number of rotatable bonds is 9. The number of ether oxygens (including phenoxy) is 1. The monoisotopic (exact) mass is 220 g/mol. The number of aliphatic hydroxyl groups is 1. The van der Waals surface area contributed by atoms with Crippen LogP contribution in [0.25, 0.3) is 0 Å². The zero-order valence-electron chi connectivity index (χ0n) is 9.46. The van der Waals surface area contributed by atoms with Gasteiger partial charge < -0.3 is 9.84 Å². The van der Waals surface area contributed by atoms with Crippen LogP contribution in [-0.2, 0) is 4.74 Å². The molecular formula is C11H24O2S. The van der Waals surface area contributed by atoms with Gasteiger partial charge in [-0.15, -0.1) is 0 Å². The highest BCUT2D eigenvalue weighted by Crippen LogP contribution is 2.11. The second-order valence-corrected chi connectivity index (χ2v) is 4.76. The first-order valence-electron chi connectivity index (χ1n) is 5.47. The van der Waals surface area contributed by atoms with Crippen molar-refractivity contribution >= 4 is 12.6 Å². The maximum atomic E-state index is 9.44. The third-order valence-electron chi connectivity index (χ3n) is 2.02. The van der Waals surface area contributed by atoms with Crippen molar-refractivity contribution in [3.05, 3.63) is 0 Å². The van der Waals surface area contributed by atoms with Gasteiger partial charge in [-0.3, -0.25) is 0 Å². The molecule has 0 fully saturated rings. The highest BCUT2D eigenvalue weighted by molar-refractivity contribution is 7.80. The molecule has 0 aliphatic rings. The summed E-state index contributed by atoms with van der Waals surface area (Å²) in [6.45, 7) is 5.37. The molecule has 0 unspecified atom stereocenters. The minimum Gasteiger partial charge on any atom is -0.390 e. The smallest absolute Gasteiger partial charge is 0.0591 e. The highest BCUT2D eigenvalue weighted by Gasteiger charge is 2.10. The third kappa shape index (κ3) is 12.3. The van der Waals surface area contributed by atoms with Gasteiger partial charge >= 0.3 is 0 Å². The number of hydrogen-bond donors (Lipinski definition) is 2. The predicted molar refractivity (Wildman–Crippen MR) is 64.1 cm³/mol. The quantitative estimate of drug-likeness (QED) is 0.462. The Balaban J connectivity index is 2.99. The zero-order valence-corrected chi connectivity index (χ0v) is 10.4. The van der Waals surface area contributed by atoms with Gasteiger partial charge in [-0.1, -0.05) is 0 Å². The third-order valence-corrected chi connectivity index (χ3v) is 2.34. The van der Waals surface area contributed by atoms with E-state index in [4.69, 9.17) is 4.74 Å². The van der Waals surface area contributed by atoms with Gasteiger partial charge in [0.1, 0.15) is 0 Å². The van der Waals surface area contributed by atoms with Crippen LogP contribution < -0.4 is 0 Å². The summed E-state index contributed by atoms with van der Waals surface area (Å²) in [4.78, 5) is 0. The van der Waals surface area contributed by atoms with Crippen LogP contribution in [-0.4, -0.2) is 29.7 Å². The van der Waals surface area contributed by atoms with E-state index >= 15 is 0 Å². The van der Waals surface area contributed by atoms with Gasteiger partial charge in [0.05, 0.1) is 5.60 Å². The van der Waals surface area contributed by atoms with E-state index in [1.807, 2.05) is 13.8 Å². The minimum atomic E-state index is -0.522. The molecule has 0 amide bonds. The van der Waals surface area contributed by atoms with Crippen LogP contribution >= 0.6 is 12.6 Å². The van der Waals surface area contributed by atoms with Gasteiger partial charge in [-0.05, 0) is 51.7 Å². The fourth-order valence-corrected chi connectivity index (χ4v) is 1.40. The lowest BCUT2D eigenvalue weighted by atomic mass is 10.0. The molecule has 0 aliphatic heterocycles. The van der Waals surface area contributed by atoms with Crippen molar-refractivity contribution in [2.45, 2.75) is 51.6 Å². The zero-order chi connectivity index (χ0) is 10.9. The topological polar surface area (TPSA) is 29.5 Å². The van der Waals surface area contributed by atoms with Crippen LogP contribution in [0.2, 0.25) is 0 Å². The molecule has 0 heterocycles. The summed E-state index contributed by atoms with van der Waals surface area (Å²) in [5.41, 5.74) is -0.522. The van der Waals surface area contributed by atoms with E-state index in [-0.39, 0.29) is 0 Å². The van der Waals surface area contributed by atoms with Crippen molar-refractivity contribution in [1.82, 2.24) is 0 Å². The van der Waals surface area contributed by atoms with Crippen LogP contribution in [0.15, 0.2) is 0 Å². The number of hydrogen-bond acceptors (Lipinski definition) is 3. The Morgan fingerprint density at radius 3 is 2.14 bits per heavy atom. The molecule has 0 aliphatic carbocycles. The molecule has 0 aromatic carbocycles. The molecule has 0 spiro atoms. The second kappa shape index (κ2) is 8.57. The summed E-state index contributed by atoms with van der Waals surface area (Å²) in [5, 5.41) is 9.44. The number of unbranched alkanes of at least 4 members (excludes halogenated alkanes) is 2. The first-order valence-corrected chi connectivity index (χ1v) is 6.10. The summed E-state index contributed by atoms with van der Waals surface area (Å²) < 4.78 is 5.43. The molecule has 0 aromatic heterocycles. The maximum absolute atomic E-state index is 9.44. The van der Waals surface area contributed by atoms with Crippen molar-refractivity contribution in [3.8, 4) is 0 Å². The molecule has 0 bridgehead atoms. The molecule has 0 saturated heterocycles. The first kappa shape index (κ1) is 14.3. The molecule has 0 saturated carbocycles. The molecule has 2 nitrogen and oxygen atoms in total. The molecule has 0 aromatic rings. The van der Waals surface area contributed by atoms with Crippen molar-refractivity contribution in [2.75, 3.05) is 19.0 Å². The van der Waals surface area contributed by atoms with Gasteiger partial charge in [-0.2, -0.15) is 12.6 Å². The summed E-state index contributed by atoms with van der Waals surface area (Å²) >= 11 is 4.13. The van der Waals surface area contributed by atoms with Crippen LogP contribution in [0.5, 0.6) is 0 Å². The second-order valence-electron chi connectivity index (χ2n) is 4.31. The van der Waals surface area contributed by atoms with Crippen molar-refractivity contribution in [1.29, 1.82) is 0 Å². The maximum Gasteiger partial charge on any atom is 0.0591 e. The Morgan fingerprint density at radius 1 is 1.07 bits per heavy atom. The summed E-state index contributed by atoms with van der Waals surface area (Å²) in [7, 11) is 0. The normalized spacial score (nSPS) is 12.0. The van der Waals surface area contributed by atoms with E-state index < -0.39 is 5.60 Å². The van der Waals surface area contributed by atoms with Crippen molar-refractivity contribution < 1.29 is 9.84 Å². The van der Waals surface area contributed by atoms with Crippen LogP contribution in [0.1, 0.15) is 46.0 Å². The Hall–Kier alpha value is 0.270. The van der Waals surface area contributed by atoms with Crippen molar-refractivity contribution in [3.63, 3.8) is 0 Å².